The summed E-state index contributed by atoms with van der Waals surface area (Å²) < 4.78 is 0. The molecule has 0 fully saturated rings. The van der Waals surface area contributed by atoms with E-state index in [4.69, 9.17) is 11.6 Å². The Morgan fingerprint density at radius 2 is 2.20 bits per heavy atom. The van der Waals surface area contributed by atoms with Crippen LogP contribution in [0.3, 0.4) is 0 Å². The third kappa shape index (κ3) is 6.78. The fraction of sp³-hybridized carbons (Fsp3) is 0.500. The van der Waals surface area contributed by atoms with E-state index >= 15 is 0 Å². The van der Waals surface area contributed by atoms with Crippen LogP contribution in [-0.2, 0) is 0 Å². The molecule has 0 spiro atoms. The molecule has 10 heavy (non-hydrogen) atoms. The van der Waals surface area contributed by atoms with Crippen LogP contribution in [0.15, 0.2) is 17.1 Å². The Kier molecular flexibility index (Phi) is 8.28. The number of alkyl halides is 2. The van der Waals surface area contributed by atoms with Gasteiger partial charge in [0.1, 0.15) is 5.17 Å². The summed E-state index contributed by atoms with van der Waals surface area (Å²) in [5.41, 5.74) is 0. The normalized spacial score (nSPS) is 12.9. The van der Waals surface area contributed by atoms with Crippen molar-refractivity contribution in [2.75, 3.05) is 17.2 Å². The topological polar surface area (TPSA) is 12.4 Å². The molecule has 0 rings (SSSR count). The maximum absolute atomic E-state index is 5.66. The van der Waals surface area contributed by atoms with Gasteiger partial charge in [-0.05, 0) is 6.08 Å². The van der Waals surface area contributed by atoms with E-state index in [0.717, 1.165) is 17.2 Å². The van der Waals surface area contributed by atoms with Crippen molar-refractivity contribution in [2.45, 2.75) is 0 Å². The number of rotatable bonds is 4. The molecule has 58 valence electrons. The van der Waals surface area contributed by atoms with Gasteiger partial charge in [0.2, 0.25) is 0 Å². The molecule has 0 bridgehead atoms. The third-order valence-electron chi connectivity index (χ3n) is 0.692. The summed E-state index contributed by atoms with van der Waals surface area (Å²) in [5, 5.41) is 2.22. The predicted molar refractivity (Wildman–Crippen MR) is 54.9 cm³/mol. The number of aliphatic imine (C=N–C) groups is 1. The van der Waals surface area contributed by atoms with Crippen LogP contribution in [0, 0.1) is 0 Å². The van der Waals surface area contributed by atoms with Crippen molar-refractivity contribution in [3.8, 4) is 0 Å². The van der Waals surface area contributed by atoms with Crippen LogP contribution in [0.25, 0.3) is 0 Å². The highest BCUT2D eigenvalue weighted by Gasteiger charge is 1.83. The Hall–Kier alpha value is 0.660. The molecule has 0 aliphatic rings. The minimum atomic E-state index is 0.555. The Bertz CT molecular complexity index is 134. The molecule has 0 unspecified atom stereocenters. The van der Waals surface area contributed by atoms with Gasteiger partial charge in [-0.25, -0.2) is 0 Å². The zero-order chi connectivity index (χ0) is 7.82. The first-order valence-electron chi connectivity index (χ1n) is 2.79. The zero-order valence-corrected chi connectivity index (χ0v) is 9.29. The van der Waals surface area contributed by atoms with Gasteiger partial charge < -0.3 is 0 Å². The van der Waals surface area contributed by atoms with Crippen molar-refractivity contribution < 1.29 is 0 Å². The van der Waals surface area contributed by atoms with E-state index in [1.165, 1.54) is 0 Å². The van der Waals surface area contributed by atoms with E-state index in [1.807, 2.05) is 6.08 Å². The molecule has 0 aromatic heterocycles. The minimum Gasteiger partial charge on any atom is -0.272 e. The molecule has 0 aromatic rings. The third-order valence-corrected chi connectivity index (χ3v) is 1.67. The van der Waals surface area contributed by atoms with Gasteiger partial charge >= 0.3 is 0 Å². The van der Waals surface area contributed by atoms with Crippen molar-refractivity contribution in [3.63, 3.8) is 0 Å². The van der Waals surface area contributed by atoms with Crippen LogP contribution >= 0.6 is 43.5 Å². The second-order valence-electron chi connectivity index (χ2n) is 1.45. The van der Waals surface area contributed by atoms with E-state index in [2.05, 4.69) is 36.9 Å². The highest BCUT2D eigenvalue weighted by molar-refractivity contribution is 9.09. The minimum absolute atomic E-state index is 0.555. The Labute approximate surface area is 82.8 Å². The maximum atomic E-state index is 5.66. The predicted octanol–water partition coefficient (Wildman–Crippen LogP) is 2.97. The van der Waals surface area contributed by atoms with Crippen LogP contribution in [0.1, 0.15) is 0 Å². The quantitative estimate of drug-likeness (QED) is 0.557. The van der Waals surface area contributed by atoms with E-state index in [-0.39, 0.29) is 0 Å². The van der Waals surface area contributed by atoms with Crippen molar-refractivity contribution in [3.05, 3.63) is 12.2 Å². The molecule has 0 saturated heterocycles. The molecule has 0 atom stereocenters. The summed E-state index contributed by atoms with van der Waals surface area (Å²) in [6, 6.07) is 0. The van der Waals surface area contributed by atoms with Crippen LogP contribution in [-0.4, -0.2) is 22.4 Å². The summed E-state index contributed by atoms with van der Waals surface area (Å²) in [6.45, 7) is 0.728. The standard InChI is InChI=1S/C6H8Br2ClN/c7-3-1-2-6(9)10-5-4-8/h1-2H,3-5H2/b2-1-,10-6?. The van der Waals surface area contributed by atoms with Gasteiger partial charge in [0.15, 0.2) is 0 Å². The van der Waals surface area contributed by atoms with E-state index in [0.29, 0.717) is 5.17 Å². The van der Waals surface area contributed by atoms with Gasteiger partial charge in [0.25, 0.3) is 0 Å². The lowest BCUT2D eigenvalue weighted by Gasteiger charge is -1.86. The number of hydrogen-bond acceptors (Lipinski definition) is 1. The first kappa shape index (κ1) is 10.7. The first-order chi connectivity index (χ1) is 4.81. The van der Waals surface area contributed by atoms with E-state index in [9.17, 15) is 0 Å². The van der Waals surface area contributed by atoms with Gasteiger partial charge in [-0.2, -0.15) is 0 Å². The second-order valence-corrected chi connectivity index (χ2v) is 3.28. The average Bonchev–Trinajstić information content (AvgIpc) is 1.97. The molecule has 0 N–H and O–H groups in total. The molecule has 1 nitrogen and oxygen atoms in total. The van der Waals surface area contributed by atoms with Crippen molar-refractivity contribution >= 4 is 48.6 Å². The van der Waals surface area contributed by atoms with Gasteiger partial charge in [0.05, 0.1) is 6.54 Å². The summed E-state index contributed by atoms with van der Waals surface area (Å²) in [7, 11) is 0. The molecular formula is C6H8Br2ClN. The molecule has 4 heteroatoms. The molecule has 0 aliphatic carbocycles. The number of allylic oxidation sites excluding steroid dienone is 2. The number of halogens is 3. The monoisotopic (exact) mass is 287 g/mol. The molecule has 0 amide bonds. The summed E-state index contributed by atoms with van der Waals surface area (Å²) in [5.74, 6) is 0. The van der Waals surface area contributed by atoms with Gasteiger partial charge in [-0.1, -0.05) is 49.5 Å². The Morgan fingerprint density at radius 3 is 2.70 bits per heavy atom. The van der Waals surface area contributed by atoms with E-state index < -0.39 is 0 Å². The summed E-state index contributed by atoms with van der Waals surface area (Å²) >= 11 is 12.1. The molecule has 0 heterocycles. The van der Waals surface area contributed by atoms with Crippen LogP contribution in [0.2, 0.25) is 0 Å². The van der Waals surface area contributed by atoms with Crippen LogP contribution in [0.5, 0.6) is 0 Å². The van der Waals surface area contributed by atoms with E-state index in [1.54, 1.807) is 6.08 Å². The lowest BCUT2D eigenvalue weighted by atomic mass is 10.5. The van der Waals surface area contributed by atoms with Crippen molar-refractivity contribution in [1.82, 2.24) is 0 Å². The Balaban J connectivity index is 3.59. The van der Waals surface area contributed by atoms with Gasteiger partial charge in [-0.3, -0.25) is 4.99 Å². The molecule has 0 aliphatic heterocycles. The lowest BCUT2D eigenvalue weighted by Crippen LogP contribution is -1.85. The largest absolute Gasteiger partial charge is 0.272 e. The number of nitrogens with zero attached hydrogens (tertiary/aromatic N) is 1. The van der Waals surface area contributed by atoms with Gasteiger partial charge in [0, 0.05) is 10.7 Å². The smallest absolute Gasteiger partial charge is 0.123 e. The first-order valence-corrected chi connectivity index (χ1v) is 5.41. The van der Waals surface area contributed by atoms with Crippen molar-refractivity contribution in [1.29, 1.82) is 0 Å². The SMILES string of the molecule is ClC(/C=C\CBr)=NCCBr. The lowest BCUT2D eigenvalue weighted by molar-refractivity contribution is 1.16. The van der Waals surface area contributed by atoms with Gasteiger partial charge in [-0.15, -0.1) is 0 Å². The highest BCUT2D eigenvalue weighted by atomic mass is 79.9. The maximum Gasteiger partial charge on any atom is 0.123 e. The highest BCUT2D eigenvalue weighted by Crippen LogP contribution is 1.92. The average molecular weight is 289 g/mol. The summed E-state index contributed by atoms with van der Waals surface area (Å²) in [6.07, 6.45) is 3.68. The molecule has 0 saturated carbocycles. The van der Waals surface area contributed by atoms with Crippen LogP contribution < -0.4 is 0 Å². The Morgan fingerprint density at radius 1 is 1.50 bits per heavy atom. The zero-order valence-electron chi connectivity index (χ0n) is 5.36. The second kappa shape index (κ2) is 7.76. The number of hydrogen-bond donors (Lipinski definition) is 0. The fourth-order valence-electron chi connectivity index (χ4n) is 0.344. The fourth-order valence-corrected chi connectivity index (χ4v) is 0.881. The summed E-state index contributed by atoms with van der Waals surface area (Å²) in [4.78, 5) is 4.01. The molecule has 0 aromatic carbocycles. The van der Waals surface area contributed by atoms with Crippen molar-refractivity contribution in [2.24, 2.45) is 4.99 Å². The molecular weight excluding hydrogens is 281 g/mol. The molecule has 0 radical (unpaired) electrons. The van der Waals surface area contributed by atoms with Crippen LogP contribution in [0.4, 0.5) is 0 Å².